The fourth-order valence-electron chi connectivity index (χ4n) is 2.06. The minimum Gasteiger partial charge on any atom is -0.266 e. The summed E-state index contributed by atoms with van der Waals surface area (Å²) in [7, 11) is -3.71. The quantitative estimate of drug-likeness (QED) is 0.670. The molecule has 0 bridgehead atoms. The third-order valence-electron chi connectivity index (χ3n) is 3.26. The molecule has 1 heterocycles. The average molecular weight is 400 g/mol. The Kier molecular flexibility index (Phi) is 6.18. The summed E-state index contributed by atoms with van der Waals surface area (Å²) in [6.45, 7) is 7.43. The Morgan fingerprint density at radius 1 is 1.12 bits per heavy atom. The summed E-state index contributed by atoms with van der Waals surface area (Å²) in [5.41, 5.74) is -0.230. The molecule has 2 aromatic rings. The SMILES string of the molecule is C=CCN(CC=C)S(=O)(=O)c1ccc(-n2ncc(Cl)c(Cl)c2=O)cc1. The lowest BCUT2D eigenvalue weighted by Crippen LogP contribution is -2.31. The maximum absolute atomic E-state index is 12.6. The minimum absolute atomic E-state index is 0.0478. The second kappa shape index (κ2) is 7.97. The van der Waals surface area contributed by atoms with Gasteiger partial charge in [0.1, 0.15) is 5.02 Å². The zero-order valence-electron chi connectivity index (χ0n) is 13.1. The Hall–Kier alpha value is -1.93. The van der Waals surface area contributed by atoms with Crippen molar-refractivity contribution in [2.75, 3.05) is 13.1 Å². The summed E-state index contributed by atoms with van der Waals surface area (Å²) < 4.78 is 27.5. The Morgan fingerprint density at radius 2 is 1.68 bits per heavy atom. The van der Waals surface area contributed by atoms with Crippen LogP contribution < -0.4 is 5.56 Å². The molecule has 1 aromatic heterocycles. The van der Waals surface area contributed by atoms with Crippen molar-refractivity contribution in [3.63, 3.8) is 0 Å². The van der Waals surface area contributed by atoms with Gasteiger partial charge in [-0.2, -0.15) is 14.1 Å². The van der Waals surface area contributed by atoms with Crippen molar-refractivity contribution in [3.8, 4) is 5.69 Å². The van der Waals surface area contributed by atoms with E-state index in [4.69, 9.17) is 23.2 Å². The fourth-order valence-corrected chi connectivity index (χ4v) is 3.70. The molecule has 0 amide bonds. The van der Waals surface area contributed by atoms with Gasteiger partial charge < -0.3 is 0 Å². The molecule has 2 rings (SSSR count). The average Bonchev–Trinajstić information content (AvgIpc) is 2.60. The molecule has 0 aliphatic rings. The molecule has 0 saturated heterocycles. The summed E-state index contributed by atoms with van der Waals surface area (Å²) in [6, 6.07) is 5.71. The Morgan fingerprint density at radius 3 is 2.20 bits per heavy atom. The lowest BCUT2D eigenvalue weighted by atomic mass is 10.3. The van der Waals surface area contributed by atoms with Gasteiger partial charge >= 0.3 is 0 Å². The van der Waals surface area contributed by atoms with Crippen molar-refractivity contribution < 1.29 is 8.42 Å². The largest absolute Gasteiger partial charge is 0.291 e. The van der Waals surface area contributed by atoms with Gasteiger partial charge in [0.05, 0.1) is 21.8 Å². The molecule has 0 saturated carbocycles. The minimum atomic E-state index is -3.71. The van der Waals surface area contributed by atoms with Gasteiger partial charge in [-0.25, -0.2) is 8.42 Å². The maximum atomic E-state index is 12.6. The number of benzene rings is 1. The Balaban J connectivity index is 2.43. The summed E-state index contributed by atoms with van der Waals surface area (Å²) in [6.07, 6.45) is 4.23. The predicted octanol–water partition coefficient (Wildman–Crippen LogP) is 2.90. The lowest BCUT2D eigenvalue weighted by Gasteiger charge is -2.19. The van der Waals surface area contributed by atoms with Crippen LogP contribution in [0.15, 0.2) is 65.5 Å². The monoisotopic (exact) mass is 399 g/mol. The van der Waals surface area contributed by atoms with E-state index in [0.717, 1.165) is 4.68 Å². The van der Waals surface area contributed by atoms with Gasteiger partial charge in [-0.05, 0) is 24.3 Å². The van der Waals surface area contributed by atoms with Crippen molar-refractivity contribution in [2.45, 2.75) is 4.90 Å². The van der Waals surface area contributed by atoms with Crippen LogP contribution in [0.5, 0.6) is 0 Å². The first-order valence-electron chi connectivity index (χ1n) is 7.08. The molecule has 0 unspecified atom stereocenters. The summed E-state index contributed by atoms with van der Waals surface area (Å²) >= 11 is 11.6. The van der Waals surface area contributed by atoms with E-state index < -0.39 is 15.6 Å². The molecule has 6 nitrogen and oxygen atoms in total. The predicted molar refractivity (Wildman–Crippen MR) is 99.0 cm³/mol. The van der Waals surface area contributed by atoms with Crippen LogP contribution in [-0.2, 0) is 10.0 Å². The standard InChI is InChI=1S/C16H15Cl2N3O3S/c1-3-9-20(10-4-2)25(23,24)13-7-5-12(6-8-13)21-16(22)15(18)14(17)11-19-21/h3-8,11H,1-2,9-10H2. The van der Waals surface area contributed by atoms with Crippen molar-refractivity contribution >= 4 is 33.2 Å². The molecule has 1 aromatic carbocycles. The number of hydrogen-bond donors (Lipinski definition) is 0. The van der Waals surface area contributed by atoms with Crippen LogP contribution >= 0.6 is 23.2 Å². The highest BCUT2D eigenvalue weighted by Crippen LogP contribution is 2.19. The van der Waals surface area contributed by atoms with Crippen molar-refractivity contribution in [2.24, 2.45) is 0 Å². The molecule has 25 heavy (non-hydrogen) atoms. The van der Waals surface area contributed by atoms with Crippen LogP contribution in [0.4, 0.5) is 0 Å². The van der Waals surface area contributed by atoms with E-state index in [1.165, 1.54) is 46.9 Å². The van der Waals surface area contributed by atoms with E-state index in [2.05, 4.69) is 18.3 Å². The number of rotatable bonds is 7. The van der Waals surface area contributed by atoms with E-state index in [9.17, 15) is 13.2 Å². The van der Waals surface area contributed by atoms with Crippen molar-refractivity contribution in [1.29, 1.82) is 0 Å². The molecule has 0 spiro atoms. The van der Waals surface area contributed by atoms with Crippen LogP contribution in [0.1, 0.15) is 0 Å². The smallest absolute Gasteiger partial charge is 0.266 e. The lowest BCUT2D eigenvalue weighted by molar-refractivity contribution is 0.474. The van der Waals surface area contributed by atoms with Crippen LogP contribution in [0.25, 0.3) is 5.69 Å². The normalized spacial score (nSPS) is 11.5. The van der Waals surface area contributed by atoms with Gasteiger partial charge in [-0.1, -0.05) is 35.4 Å². The topological polar surface area (TPSA) is 72.3 Å². The molecule has 132 valence electrons. The summed E-state index contributed by atoms with van der Waals surface area (Å²) in [5, 5.41) is 3.79. The molecule has 0 fully saturated rings. The number of nitrogens with zero attached hydrogens (tertiary/aromatic N) is 3. The van der Waals surface area contributed by atoms with Gasteiger partial charge in [0, 0.05) is 13.1 Å². The molecule has 0 aliphatic heterocycles. The van der Waals surface area contributed by atoms with E-state index in [1.807, 2.05) is 0 Å². The third-order valence-corrected chi connectivity index (χ3v) is 5.86. The highest BCUT2D eigenvalue weighted by Gasteiger charge is 2.22. The zero-order valence-corrected chi connectivity index (χ0v) is 15.4. The fraction of sp³-hybridized carbons (Fsp3) is 0.125. The van der Waals surface area contributed by atoms with Gasteiger partial charge in [-0.15, -0.1) is 13.2 Å². The van der Waals surface area contributed by atoms with Crippen LogP contribution in [0, 0.1) is 0 Å². The molecule has 0 N–H and O–H groups in total. The van der Waals surface area contributed by atoms with Gasteiger partial charge in [0.25, 0.3) is 5.56 Å². The number of halogens is 2. The highest BCUT2D eigenvalue weighted by molar-refractivity contribution is 7.89. The zero-order chi connectivity index (χ0) is 18.6. The maximum Gasteiger partial charge on any atom is 0.291 e. The second-order valence-electron chi connectivity index (χ2n) is 4.92. The number of sulfonamides is 1. The van der Waals surface area contributed by atoms with E-state index >= 15 is 0 Å². The molecule has 9 heteroatoms. The van der Waals surface area contributed by atoms with Crippen molar-refractivity contribution in [3.05, 3.63) is 76.2 Å². The number of hydrogen-bond acceptors (Lipinski definition) is 4. The molecular formula is C16H15Cl2N3O3S. The van der Waals surface area contributed by atoms with Crippen LogP contribution in [0.2, 0.25) is 10.0 Å². The molecular weight excluding hydrogens is 385 g/mol. The van der Waals surface area contributed by atoms with Crippen LogP contribution in [-0.4, -0.2) is 35.6 Å². The third kappa shape index (κ3) is 4.01. The van der Waals surface area contributed by atoms with E-state index in [0.29, 0.717) is 5.69 Å². The first kappa shape index (κ1) is 19.4. The van der Waals surface area contributed by atoms with Crippen molar-refractivity contribution in [1.82, 2.24) is 14.1 Å². The first-order valence-corrected chi connectivity index (χ1v) is 9.28. The molecule has 0 aliphatic carbocycles. The van der Waals surface area contributed by atoms with Gasteiger partial charge in [0.15, 0.2) is 0 Å². The highest BCUT2D eigenvalue weighted by atomic mass is 35.5. The second-order valence-corrected chi connectivity index (χ2v) is 7.64. The van der Waals surface area contributed by atoms with Crippen LogP contribution in [0.3, 0.4) is 0 Å². The Labute approximate surface area is 155 Å². The Bertz CT molecular complexity index is 944. The van der Waals surface area contributed by atoms with E-state index in [1.54, 1.807) is 0 Å². The van der Waals surface area contributed by atoms with E-state index in [-0.39, 0.29) is 28.0 Å². The molecule has 0 radical (unpaired) electrons. The summed E-state index contributed by atoms with van der Waals surface area (Å²) in [5.74, 6) is 0. The van der Waals surface area contributed by atoms with Gasteiger partial charge in [-0.3, -0.25) is 4.79 Å². The summed E-state index contributed by atoms with van der Waals surface area (Å²) in [4.78, 5) is 12.2. The molecule has 0 atom stereocenters. The first-order chi connectivity index (χ1) is 11.8. The number of aromatic nitrogens is 2. The van der Waals surface area contributed by atoms with Gasteiger partial charge in [0.2, 0.25) is 10.0 Å².